The first kappa shape index (κ1) is 11.2. The van der Waals surface area contributed by atoms with Crippen LogP contribution in [0, 0.1) is 6.92 Å². The highest BCUT2D eigenvalue weighted by Gasteiger charge is 2.19. The molecule has 3 rings (SSSR count). The van der Waals surface area contributed by atoms with Gasteiger partial charge in [0.15, 0.2) is 5.82 Å². The van der Waals surface area contributed by atoms with Crippen LogP contribution in [0.25, 0.3) is 11.5 Å². The SMILES string of the molecule is Cc1noc(-c2ccccc2O[C@H]2CCNC2)n1. The van der Waals surface area contributed by atoms with E-state index in [-0.39, 0.29) is 6.10 Å². The molecule has 1 atom stereocenters. The Kier molecular flexibility index (Phi) is 2.98. The summed E-state index contributed by atoms with van der Waals surface area (Å²) in [5.74, 6) is 1.94. The zero-order chi connectivity index (χ0) is 12.4. The molecule has 1 aromatic heterocycles. The molecule has 1 aliphatic rings. The summed E-state index contributed by atoms with van der Waals surface area (Å²) in [5, 5.41) is 7.09. The fraction of sp³-hybridized carbons (Fsp3) is 0.385. The summed E-state index contributed by atoms with van der Waals surface area (Å²) in [6, 6.07) is 7.76. The van der Waals surface area contributed by atoms with Crippen LogP contribution in [0.4, 0.5) is 0 Å². The molecule has 0 saturated carbocycles. The molecule has 2 aromatic rings. The van der Waals surface area contributed by atoms with Crippen molar-refractivity contribution >= 4 is 0 Å². The number of ether oxygens (including phenoxy) is 1. The quantitative estimate of drug-likeness (QED) is 0.893. The van der Waals surface area contributed by atoms with Gasteiger partial charge in [-0.25, -0.2) is 0 Å². The summed E-state index contributed by atoms with van der Waals surface area (Å²) in [4.78, 5) is 4.24. The van der Waals surface area contributed by atoms with Gasteiger partial charge in [-0.15, -0.1) is 0 Å². The van der Waals surface area contributed by atoms with Crippen molar-refractivity contribution in [2.75, 3.05) is 13.1 Å². The van der Waals surface area contributed by atoms with Gasteiger partial charge in [-0.05, 0) is 32.0 Å². The molecular formula is C13H15N3O2. The summed E-state index contributed by atoms with van der Waals surface area (Å²) in [7, 11) is 0. The van der Waals surface area contributed by atoms with E-state index in [1.54, 1.807) is 6.92 Å². The highest BCUT2D eigenvalue weighted by atomic mass is 16.5. The number of aromatic nitrogens is 2. The molecule has 1 aliphatic heterocycles. The maximum atomic E-state index is 5.98. The first-order valence-electron chi connectivity index (χ1n) is 6.10. The summed E-state index contributed by atoms with van der Waals surface area (Å²) >= 11 is 0. The second-order valence-corrected chi connectivity index (χ2v) is 4.38. The molecule has 5 heteroatoms. The number of hydrogen-bond acceptors (Lipinski definition) is 5. The smallest absolute Gasteiger partial charge is 0.261 e. The van der Waals surface area contributed by atoms with Crippen molar-refractivity contribution in [1.29, 1.82) is 0 Å². The van der Waals surface area contributed by atoms with Crippen LogP contribution in [-0.2, 0) is 0 Å². The molecule has 1 N–H and O–H groups in total. The normalized spacial score (nSPS) is 19.1. The minimum atomic E-state index is 0.218. The first-order valence-corrected chi connectivity index (χ1v) is 6.10. The lowest BCUT2D eigenvalue weighted by Crippen LogP contribution is -2.19. The van der Waals surface area contributed by atoms with E-state index in [0.717, 1.165) is 30.8 Å². The monoisotopic (exact) mass is 245 g/mol. The highest BCUT2D eigenvalue weighted by Crippen LogP contribution is 2.29. The van der Waals surface area contributed by atoms with Crippen molar-refractivity contribution in [2.45, 2.75) is 19.4 Å². The molecule has 1 fully saturated rings. The lowest BCUT2D eigenvalue weighted by Gasteiger charge is -2.14. The molecule has 0 bridgehead atoms. The minimum absolute atomic E-state index is 0.218. The summed E-state index contributed by atoms with van der Waals surface area (Å²) in [5.41, 5.74) is 0.852. The van der Waals surface area contributed by atoms with Gasteiger partial charge in [-0.2, -0.15) is 4.98 Å². The summed E-state index contributed by atoms with van der Waals surface area (Å²) < 4.78 is 11.2. The van der Waals surface area contributed by atoms with Crippen LogP contribution in [0.5, 0.6) is 5.75 Å². The lowest BCUT2D eigenvalue weighted by atomic mass is 10.2. The molecule has 0 unspecified atom stereocenters. The van der Waals surface area contributed by atoms with E-state index in [1.165, 1.54) is 0 Å². The van der Waals surface area contributed by atoms with Crippen LogP contribution in [0.15, 0.2) is 28.8 Å². The molecule has 2 heterocycles. The fourth-order valence-corrected chi connectivity index (χ4v) is 2.06. The zero-order valence-corrected chi connectivity index (χ0v) is 10.2. The number of hydrogen-bond donors (Lipinski definition) is 1. The third-order valence-corrected chi connectivity index (χ3v) is 2.95. The first-order chi connectivity index (χ1) is 8.83. The number of aryl methyl sites for hydroxylation is 1. The Balaban J connectivity index is 1.89. The van der Waals surface area contributed by atoms with Gasteiger partial charge in [-0.3, -0.25) is 0 Å². The second-order valence-electron chi connectivity index (χ2n) is 4.38. The molecular weight excluding hydrogens is 230 g/mol. The zero-order valence-electron chi connectivity index (χ0n) is 10.2. The van der Waals surface area contributed by atoms with E-state index in [9.17, 15) is 0 Å². The van der Waals surface area contributed by atoms with Gasteiger partial charge in [0.05, 0.1) is 5.56 Å². The van der Waals surface area contributed by atoms with Crippen molar-refractivity contribution in [2.24, 2.45) is 0 Å². The highest BCUT2D eigenvalue weighted by molar-refractivity contribution is 5.62. The van der Waals surface area contributed by atoms with Crippen molar-refractivity contribution in [1.82, 2.24) is 15.5 Å². The molecule has 5 nitrogen and oxygen atoms in total. The van der Waals surface area contributed by atoms with Gasteiger partial charge in [0.1, 0.15) is 11.9 Å². The number of nitrogens with one attached hydrogen (secondary N) is 1. The van der Waals surface area contributed by atoms with Gasteiger partial charge in [0.25, 0.3) is 5.89 Å². The Morgan fingerprint density at radius 3 is 3.00 bits per heavy atom. The van der Waals surface area contributed by atoms with Gasteiger partial charge in [-0.1, -0.05) is 17.3 Å². The van der Waals surface area contributed by atoms with E-state index < -0.39 is 0 Å². The van der Waals surface area contributed by atoms with Crippen LogP contribution >= 0.6 is 0 Å². The molecule has 0 amide bonds. The fourth-order valence-electron chi connectivity index (χ4n) is 2.06. The molecule has 1 saturated heterocycles. The van der Waals surface area contributed by atoms with E-state index in [1.807, 2.05) is 24.3 Å². The Bertz CT molecular complexity index is 533. The van der Waals surface area contributed by atoms with E-state index in [4.69, 9.17) is 9.26 Å². The largest absolute Gasteiger partial charge is 0.488 e. The molecule has 0 radical (unpaired) electrons. The van der Waals surface area contributed by atoms with Gasteiger partial charge in [0, 0.05) is 6.54 Å². The van der Waals surface area contributed by atoms with Crippen LogP contribution in [0.3, 0.4) is 0 Å². The molecule has 0 aliphatic carbocycles. The predicted molar refractivity (Wildman–Crippen MR) is 66.4 cm³/mol. The maximum Gasteiger partial charge on any atom is 0.261 e. The van der Waals surface area contributed by atoms with E-state index >= 15 is 0 Å². The van der Waals surface area contributed by atoms with Crippen molar-refractivity contribution < 1.29 is 9.26 Å². The minimum Gasteiger partial charge on any atom is -0.488 e. The number of benzene rings is 1. The number of nitrogens with zero attached hydrogens (tertiary/aromatic N) is 2. The Morgan fingerprint density at radius 2 is 2.28 bits per heavy atom. The summed E-state index contributed by atoms with van der Waals surface area (Å²) in [6.07, 6.45) is 1.24. The van der Waals surface area contributed by atoms with Gasteiger partial charge < -0.3 is 14.6 Å². The van der Waals surface area contributed by atoms with Gasteiger partial charge in [0.2, 0.25) is 0 Å². The average Bonchev–Trinajstić information content (AvgIpc) is 3.02. The maximum absolute atomic E-state index is 5.98. The number of rotatable bonds is 3. The average molecular weight is 245 g/mol. The van der Waals surface area contributed by atoms with Crippen molar-refractivity contribution in [3.63, 3.8) is 0 Å². The van der Waals surface area contributed by atoms with E-state index in [2.05, 4.69) is 15.5 Å². The van der Waals surface area contributed by atoms with Crippen LogP contribution in [0.2, 0.25) is 0 Å². The molecule has 94 valence electrons. The lowest BCUT2D eigenvalue weighted by molar-refractivity contribution is 0.223. The van der Waals surface area contributed by atoms with Crippen molar-refractivity contribution in [3.8, 4) is 17.2 Å². The second kappa shape index (κ2) is 4.78. The van der Waals surface area contributed by atoms with Crippen LogP contribution < -0.4 is 10.1 Å². The Labute approximate surface area is 105 Å². The Hall–Kier alpha value is -1.88. The molecule has 1 aromatic carbocycles. The third kappa shape index (κ3) is 2.22. The van der Waals surface area contributed by atoms with Crippen LogP contribution in [0.1, 0.15) is 12.2 Å². The predicted octanol–water partition coefficient (Wildman–Crippen LogP) is 1.79. The van der Waals surface area contributed by atoms with Crippen LogP contribution in [-0.4, -0.2) is 29.3 Å². The van der Waals surface area contributed by atoms with Gasteiger partial charge >= 0.3 is 0 Å². The number of para-hydroxylation sites is 1. The standard InChI is InChI=1S/C13H15N3O2/c1-9-15-13(18-16-9)11-4-2-3-5-12(11)17-10-6-7-14-8-10/h2-5,10,14H,6-8H2,1H3/t10-/m0/s1. The molecule has 0 spiro atoms. The summed E-state index contributed by atoms with van der Waals surface area (Å²) in [6.45, 7) is 3.70. The third-order valence-electron chi connectivity index (χ3n) is 2.95. The topological polar surface area (TPSA) is 60.2 Å². The van der Waals surface area contributed by atoms with Crippen molar-refractivity contribution in [3.05, 3.63) is 30.1 Å². The Morgan fingerprint density at radius 1 is 1.39 bits per heavy atom. The van der Waals surface area contributed by atoms with E-state index in [0.29, 0.717) is 11.7 Å². The molecule has 18 heavy (non-hydrogen) atoms.